The highest BCUT2D eigenvalue weighted by molar-refractivity contribution is 5.72. The standard InChI is InChI=1S/C24H29N5O/c1-4-16-15-27-23(26-13-11-17-7-9-20-19(17)6-5-12-25-20)29-22(16)28-18-8-10-21(30)24(2,3)14-18/h1,5-7,12,15,18,21,30H,8-11,13-14H2,2-3H3,(H2,26,27,28,29)/t18-,21+/m1/s1. The average Bonchev–Trinajstić information content (AvgIpc) is 3.14. The number of aliphatic hydroxyl groups is 1. The van der Waals surface area contributed by atoms with E-state index in [1.165, 1.54) is 11.1 Å². The largest absolute Gasteiger partial charge is 0.393 e. The fourth-order valence-electron chi connectivity index (χ4n) is 4.39. The minimum absolute atomic E-state index is 0.125. The molecule has 0 spiro atoms. The molecular formula is C24H29N5O. The van der Waals surface area contributed by atoms with Gasteiger partial charge in [-0.05, 0) is 48.3 Å². The molecule has 0 saturated heterocycles. The number of anilines is 2. The van der Waals surface area contributed by atoms with Gasteiger partial charge in [-0.15, -0.1) is 6.42 Å². The highest BCUT2D eigenvalue weighted by atomic mass is 16.3. The Kier molecular flexibility index (Phi) is 5.74. The van der Waals surface area contributed by atoms with Crippen LogP contribution in [-0.2, 0) is 6.42 Å². The Morgan fingerprint density at radius 3 is 2.97 bits per heavy atom. The molecule has 0 radical (unpaired) electrons. The van der Waals surface area contributed by atoms with Gasteiger partial charge in [0.2, 0.25) is 5.95 Å². The van der Waals surface area contributed by atoms with Crippen LogP contribution in [0.4, 0.5) is 11.8 Å². The maximum Gasteiger partial charge on any atom is 0.224 e. The van der Waals surface area contributed by atoms with Gasteiger partial charge in [0.05, 0.1) is 23.6 Å². The molecule has 6 heteroatoms. The highest BCUT2D eigenvalue weighted by Gasteiger charge is 2.35. The molecule has 156 valence electrons. The molecule has 0 unspecified atom stereocenters. The zero-order valence-electron chi connectivity index (χ0n) is 17.7. The lowest BCUT2D eigenvalue weighted by Crippen LogP contribution is -2.41. The maximum atomic E-state index is 10.2. The van der Waals surface area contributed by atoms with Crippen LogP contribution in [0, 0.1) is 17.8 Å². The minimum atomic E-state index is -0.268. The number of terminal acetylenes is 1. The van der Waals surface area contributed by atoms with Crippen molar-refractivity contribution >= 4 is 17.3 Å². The van der Waals surface area contributed by atoms with Crippen LogP contribution in [0.5, 0.6) is 0 Å². The molecule has 30 heavy (non-hydrogen) atoms. The molecule has 2 aliphatic carbocycles. The van der Waals surface area contributed by atoms with E-state index >= 15 is 0 Å². The van der Waals surface area contributed by atoms with Crippen LogP contribution in [0.15, 0.2) is 30.6 Å². The predicted molar refractivity (Wildman–Crippen MR) is 120 cm³/mol. The molecule has 2 aromatic heterocycles. The Morgan fingerprint density at radius 1 is 1.30 bits per heavy atom. The molecule has 2 aromatic rings. The lowest BCUT2D eigenvalue weighted by molar-refractivity contribution is 0.00926. The molecule has 3 N–H and O–H groups in total. The second kappa shape index (κ2) is 8.45. The number of nitrogens with zero attached hydrogens (tertiary/aromatic N) is 3. The van der Waals surface area contributed by atoms with Crippen LogP contribution in [0.1, 0.15) is 56.4 Å². The van der Waals surface area contributed by atoms with Crippen LogP contribution in [-0.4, -0.2) is 38.7 Å². The maximum absolute atomic E-state index is 10.2. The summed E-state index contributed by atoms with van der Waals surface area (Å²) in [7, 11) is 0. The normalized spacial score (nSPS) is 22.0. The van der Waals surface area contributed by atoms with Crippen molar-refractivity contribution in [1.29, 1.82) is 0 Å². The van der Waals surface area contributed by atoms with Crippen LogP contribution in [0.25, 0.3) is 5.57 Å². The van der Waals surface area contributed by atoms with Crippen molar-refractivity contribution in [3.05, 3.63) is 47.4 Å². The molecule has 2 atom stereocenters. The smallest absolute Gasteiger partial charge is 0.224 e. The van der Waals surface area contributed by atoms with Crippen molar-refractivity contribution < 1.29 is 5.11 Å². The molecule has 0 amide bonds. The Balaban J connectivity index is 1.39. The van der Waals surface area contributed by atoms with Gasteiger partial charge >= 0.3 is 0 Å². The molecule has 0 aliphatic heterocycles. The summed E-state index contributed by atoms with van der Waals surface area (Å²) in [5, 5.41) is 17.0. The summed E-state index contributed by atoms with van der Waals surface area (Å²) in [6, 6.07) is 4.34. The molecule has 1 fully saturated rings. The van der Waals surface area contributed by atoms with Gasteiger partial charge in [-0.3, -0.25) is 4.98 Å². The number of aliphatic hydroxyl groups excluding tert-OH is 1. The van der Waals surface area contributed by atoms with E-state index in [2.05, 4.69) is 57.5 Å². The molecule has 0 aromatic carbocycles. The molecule has 6 nitrogen and oxygen atoms in total. The average molecular weight is 404 g/mol. The second-order valence-electron chi connectivity index (χ2n) is 8.84. The van der Waals surface area contributed by atoms with Crippen LogP contribution in [0.3, 0.4) is 0 Å². The monoisotopic (exact) mass is 403 g/mol. The molecule has 0 bridgehead atoms. The first kappa shape index (κ1) is 20.4. The Labute approximate surface area is 178 Å². The predicted octanol–water partition coefficient (Wildman–Crippen LogP) is 3.65. The topological polar surface area (TPSA) is 83.0 Å². The number of aromatic nitrogens is 3. The number of allylic oxidation sites excluding steroid dienone is 1. The summed E-state index contributed by atoms with van der Waals surface area (Å²) in [5.74, 6) is 3.92. The zero-order valence-corrected chi connectivity index (χ0v) is 17.7. The van der Waals surface area contributed by atoms with Crippen LogP contribution >= 0.6 is 0 Å². The van der Waals surface area contributed by atoms with Crippen molar-refractivity contribution in [3.8, 4) is 12.3 Å². The van der Waals surface area contributed by atoms with E-state index < -0.39 is 0 Å². The van der Waals surface area contributed by atoms with E-state index in [1.54, 1.807) is 6.20 Å². The van der Waals surface area contributed by atoms with E-state index in [9.17, 15) is 5.11 Å². The first-order valence-electron chi connectivity index (χ1n) is 10.6. The van der Waals surface area contributed by atoms with E-state index in [4.69, 9.17) is 6.42 Å². The van der Waals surface area contributed by atoms with Gasteiger partial charge in [-0.1, -0.05) is 31.9 Å². The fourth-order valence-corrected chi connectivity index (χ4v) is 4.39. The van der Waals surface area contributed by atoms with Crippen molar-refractivity contribution in [2.24, 2.45) is 5.41 Å². The number of rotatable bonds is 6. The Bertz CT molecular complexity index is 991. The highest BCUT2D eigenvalue weighted by Crippen LogP contribution is 2.37. The third-order valence-corrected chi connectivity index (χ3v) is 6.20. The SMILES string of the molecule is C#Cc1cnc(NCCC2=CCc3ncccc32)nc1N[C@@H]1CC[C@H](O)C(C)(C)C1. The molecule has 2 aliphatic rings. The van der Waals surface area contributed by atoms with E-state index in [-0.39, 0.29) is 17.6 Å². The van der Waals surface area contributed by atoms with Gasteiger partial charge in [0.25, 0.3) is 0 Å². The lowest BCUT2D eigenvalue weighted by atomic mass is 9.73. The van der Waals surface area contributed by atoms with Gasteiger partial charge < -0.3 is 15.7 Å². The van der Waals surface area contributed by atoms with Crippen molar-refractivity contribution in [3.63, 3.8) is 0 Å². The van der Waals surface area contributed by atoms with Gasteiger partial charge in [0.1, 0.15) is 5.82 Å². The van der Waals surface area contributed by atoms with Crippen LogP contribution < -0.4 is 10.6 Å². The first-order valence-corrected chi connectivity index (χ1v) is 10.6. The van der Waals surface area contributed by atoms with E-state index in [1.807, 2.05) is 12.3 Å². The Hall–Kier alpha value is -2.91. The number of hydrogen-bond acceptors (Lipinski definition) is 6. The van der Waals surface area contributed by atoms with Crippen LogP contribution in [0.2, 0.25) is 0 Å². The zero-order chi connectivity index (χ0) is 21.1. The molecular weight excluding hydrogens is 374 g/mol. The van der Waals surface area contributed by atoms with Gasteiger partial charge in [-0.25, -0.2) is 4.98 Å². The summed E-state index contributed by atoms with van der Waals surface area (Å²) < 4.78 is 0. The number of pyridine rings is 1. The quantitative estimate of drug-likeness (QED) is 0.639. The number of nitrogens with one attached hydrogen (secondary N) is 2. The lowest BCUT2D eigenvalue weighted by Gasteiger charge is -2.40. The molecule has 4 rings (SSSR count). The van der Waals surface area contributed by atoms with Gasteiger partial charge in [-0.2, -0.15) is 4.98 Å². The van der Waals surface area contributed by atoms with Crippen molar-refractivity contribution in [2.45, 2.75) is 58.1 Å². The molecule has 1 saturated carbocycles. The summed E-state index contributed by atoms with van der Waals surface area (Å²) in [6.07, 6.45) is 15.5. The summed E-state index contributed by atoms with van der Waals surface area (Å²) >= 11 is 0. The van der Waals surface area contributed by atoms with Gasteiger partial charge in [0.15, 0.2) is 0 Å². The summed E-state index contributed by atoms with van der Waals surface area (Å²) in [4.78, 5) is 13.5. The summed E-state index contributed by atoms with van der Waals surface area (Å²) in [6.45, 7) is 4.94. The van der Waals surface area contributed by atoms with Crippen molar-refractivity contribution in [2.75, 3.05) is 17.2 Å². The fraction of sp³-hybridized carbons (Fsp3) is 0.458. The van der Waals surface area contributed by atoms with Crippen molar-refractivity contribution in [1.82, 2.24) is 15.0 Å². The number of fused-ring (bicyclic) bond motifs is 1. The Morgan fingerprint density at radius 2 is 2.17 bits per heavy atom. The number of hydrogen-bond donors (Lipinski definition) is 3. The summed E-state index contributed by atoms with van der Waals surface area (Å²) in [5.41, 5.74) is 4.23. The molecule has 2 heterocycles. The minimum Gasteiger partial charge on any atom is -0.393 e. The first-order chi connectivity index (χ1) is 14.5. The van der Waals surface area contributed by atoms with E-state index in [0.29, 0.717) is 17.3 Å². The third-order valence-electron chi connectivity index (χ3n) is 6.20. The van der Waals surface area contributed by atoms with E-state index in [0.717, 1.165) is 44.3 Å². The second-order valence-corrected chi connectivity index (χ2v) is 8.84. The third kappa shape index (κ3) is 4.31. The van der Waals surface area contributed by atoms with Gasteiger partial charge in [0, 0.05) is 25.2 Å².